The normalized spacial score (nSPS) is 10.3. The van der Waals surface area contributed by atoms with Crippen molar-refractivity contribution in [1.82, 2.24) is 0 Å². The zero-order valence-corrected chi connectivity index (χ0v) is 12.8. The molecule has 1 heterocycles. The molecule has 20 heavy (non-hydrogen) atoms. The molecule has 1 aromatic carbocycles. The van der Waals surface area contributed by atoms with Crippen molar-refractivity contribution in [1.29, 1.82) is 0 Å². The van der Waals surface area contributed by atoms with Crippen LogP contribution < -0.4 is 9.47 Å². The van der Waals surface area contributed by atoms with Crippen LogP contribution in [0.2, 0.25) is 0 Å². The fourth-order valence-electron chi connectivity index (χ4n) is 1.98. The number of ether oxygens (including phenoxy) is 2. The standard InChI is InChI=1S/C16H18O3S/c1-11(17)16-7-6-15(20-16)5-4-12-8-13(18-2)10-14(9-12)19-3/h6-10H,4-5H2,1-3H3. The van der Waals surface area contributed by atoms with Crippen LogP contribution >= 0.6 is 11.3 Å². The second-order valence-corrected chi connectivity index (χ2v) is 5.71. The van der Waals surface area contributed by atoms with E-state index in [1.807, 2.05) is 30.3 Å². The predicted molar refractivity (Wildman–Crippen MR) is 81.3 cm³/mol. The van der Waals surface area contributed by atoms with Gasteiger partial charge in [-0.05, 0) is 49.6 Å². The van der Waals surface area contributed by atoms with Crippen LogP contribution in [0.25, 0.3) is 0 Å². The van der Waals surface area contributed by atoms with Crippen molar-refractivity contribution in [2.45, 2.75) is 19.8 Å². The van der Waals surface area contributed by atoms with Gasteiger partial charge in [-0.2, -0.15) is 0 Å². The lowest BCUT2D eigenvalue weighted by Crippen LogP contribution is -1.93. The van der Waals surface area contributed by atoms with E-state index in [9.17, 15) is 4.79 Å². The predicted octanol–water partition coefficient (Wildman–Crippen LogP) is 3.75. The molecule has 0 N–H and O–H groups in total. The molecule has 0 radical (unpaired) electrons. The third-order valence-corrected chi connectivity index (χ3v) is 4.33. The van der Waals surface area contributed by atoms with Crippen LogP contribution in [-0.4, -0.2) is 20.0 Å². The lowest BCUT2D eigenvalue weighted by Gasteiger charge is -2.08. The first-order valence-corrected chi connectivity index (χ1v) is 7.25. The molecule has 106 valence electrons. The molecule has 0 bridgehead atoms. The number of thiophene rings is 1. The molecule has 0 spiro atoms. The van der Waals surface area contributed by atoms with Gasteiger partial charge in [0.1, 0.15) is 11.5 Å². The molecular formula is C16H18O3S. The Kier molecular flexibility index (Phi) is 4.79. The Morgan fingerprint density at radius 1 is 1.05 bits per heavy atom. The zero-order chi connectivity index (χ0) is 14.5. The van der Waals surface area contributed by atoms with Gasteiger partial charge in [-0.1, -0.05) is 0 Å². The van der Waals surface area contributed by atoms with Gasteiger partial charge in [0.15, 0.2) is 5.78 Å². The van der Waals surface area contributed by atoms with E-state index in [-0.39, 0.29) is 5.78 Å². The van der Waals surface area contributed by atoms with Crippen LogP contribution in [0.4, 0.5) is 0 Å². The number of aryl methyl sites for hydroxylation is 2. The Bertz CT molecular complexity index is 579. The summed E-state index contributed by atoms with van der Waals surface area (Å²) in [5.41, 5.74) is 1.17. The van der Waals surface area contributed by atoms with Crippen molar-refractivity contribution in [3.63, 3.8) is 0 Å². The lowest BCUT2D eigenvalue weighted by molar-refractivity contribution is 0.102. The van der Waals surface area contributed by atoms with Gasteiger partial charge in [0.25, 0.3) is 0 Å². The molecule has 0 amide bonds. The number of rotatable bonds is 6. The number of carbonyl (C=O) groups is 1. The molecule has 2 aromatic rings. The molecule has 0 saturated heterocycles. The van der Waals surface area contributed by atoms with Crippen LogP contribution in [0.3, 0.4) is 0 Å². The number of methoxy groups -OCH3 is 2. The quantitative estimate of drug-likeness (QED) is 0.760. The maximum Gasteiger partial charge on any atom is 0.169 e. The van der Waals surface area contributed by atoms with Crippen molar-refractivity contribution in [3.05, 3.63) is 45.6 Å². The van der Waals surface area contributed by atoms with Gasteiger partial charge in [0.05, 0.1) is 19.1 Å². The Hall–Kier alpha value is -1.81. The summed E-state index contributed by atoms with van der Waals surface area (Å²) < 4.78 is 10.5. The molecule has 4 heteroatoms. The Balaban J connectivity index is 2.07. The van der Waals surface area contributed by atoms with E-state index in [4.69, 9.17) is 9.47 Å². The van der Waals surface area contributed by atoms with Gasteiger partial charge in [-0.25, -0.2) is 0 Å². The second kappa shape index (κ2) is 6.57. The number of ketones is 1. The molecule has 0 atom stereocenters. The molecule has 3 nitrogen and oxygen atoms in total. The summed E-state index contributed by atoms with van der Waals surface area (Å²) in [6.07, 6.45) is 1.81. The van der Waals surface area contributed by atoms with Crippen molar-refractivity contribution in [3.8, 4) is 11.5 Å². The number of hydrogen-bond donors (Lipinski definition) is 0. The number of benzene rings is 1. The summed E-state index contributed by atoms with van der Waals surface area (Å²) in [6.45, 7) is 1.60. The first kappa shape index (κ1) is 14.6. The van der Waals surface area contributed by atoms with Crippen LogP contribution in [-0.2, 0) is 12.8 Å². The Labute approximate surface area is 123 Å². The molecule has 0 saturated carbocycles. The van der Waals surface area contributed by atoms with Crippen molar-refractivity contribution in [2.75, 3.05) is 14.2 Å². The molecule has 0 aliphatic heterocycles. The first-order chi connectivity index (χ1) is 9.62. The minimum Gasteiger partial charge on any atom is -0.497 e. The summed E-state index contributed by atoms with van der Waals surface area (Å²) in [6, 6.07) is 9.82. The monoisotopic (exact) mass is 290 g/mol. The second-order valence-electron chi connectivity index (χ2n) is 4.54. The maximum atomic E-state index is 11.3. The third-order valence-electron chi connectivity index (χ3n) is 3.08. The topological polar surface area (TPSA) is 35.5 Å². The third kappa shape index (κ3) is 3.61. The first-order valence-electron chi connectivity index (χ1n) is 6.44. The summed E-state index contributed by atoms with van der Waals surface area (Å²) in [4.78, 5) is 13.3. The summed E-state index contributed by atoms with van der Waals surface area (Å²) in [7, 11) is 3.30. The largest absolute Gasteiger partial charge is 0.497 e. The van der Waals surface area contributed by atoms with Gasteiger partial charge in [0.2, 0.25) is 0 Å². The van der Waals surface area contributed by atoms with E-state index < -0.39 is 0 Å². The van der Waals surface area contributed by atoms with E-state index in [1.165, 1.54) is 10.4 Å². The molecule has 0 fully saturated rings. The summed E-state index contributed by atoms with van der Waals surface area (Å²) >= 11 is 1.57. The van der Waals surface area contributed by atoms with Crippen molar-refractivity contribution < 1.29 is 14.3 Å². The fourth-order valence-corrected chi connectivity index (χ4v) is 2.88. The Morgan fingerprint density at radius 2 is 1.70 bits per heavy atom. The van der Waals surface area contributed by atoms with Crippen molar-refractivity contribution >= 4 is 17.1 Å². The van der Waals surface area contributed by atoms with E-state index in [0.29, 0.717) is 0 Å². The van der Waals surface area contributed by atoms with Crippen LogP contribution in [0.15, 0.2) is 30.3 Å². The van der Waals surface area contributed by atoms with Gasteiger partial charge in [0, 0.05) is 10.9 Å². The highest BCUT2D eigenvalue weighted by Gasteiger charge is 2.06. The smallest absolute Gasteiger partial charge is 0.169 e. The summed E-state index contributed by atoms with van der Waals surface area (Å²) in [5.74, 6) is 1.73. The number of hydrogen-bond acceptors (Lipinski definition) is 4. The SMILES string of the molecule is COc1cc(CCc2ccc(C(C)=O)s2)cc(OC)c1. The average molecular weight is 290 g/mol. The zero-order valence-electron chi connectivity index (χ0n) is 11.9. The lowest BCUT2D eigenvalue weighted by atomic mass is 10.1. The molecule has 0 aliphatic carbocycles. The highest BCUT2D eigenvalue weighted by molar-refractivity contribution is 7.14. The molecule has 0 unspecified atom stereocenters. The summed E-state index contributed by atoms with van der Waals surface area (Å²) in [5, 5.41) is 0. The maximum absolute atomic E-state index is 11.3. The Morgan fingerprint density at radius 3 is 2.20 bits per heavy atom. The van der Waals surface area contributed by atoms with E-state index in [0.717, 1.165) is 29.2 Å². The van der Waals surface area contributed by atoms with Crippen LogP contribution in [0.1, 0.15) is 27.0 Å². The van der Waals surface area contributed by atoms with E-state index in [1.54, 1.807) is 32.5 Å². The van der Waals surface area contributed by atoms with Crippen molar-refractivity contribution in [2.24, 2.45) is 0 Å². The highest BCUT2D eigenvalue weighted by atomic mass is 32.1. The highest BCUT2D eigenvalue weighted by Crippen LogP contribution is 2.24. The molecular weight excluding hydrogens is 272 g/mol. The number of Topliss-reactive ketones (excluding diaryl/α,β-unsaturated/α-hetero) is 1. The fraction of sp³-hybridized carbons (Fsp3) is 0.312. The molecule has 2 rings (SSSR count). The number of carbonyl (C=O) groups excluding carboxylic acids is 1. The van der Waals surface area contributed by atoms with Crippen LogP contribution in [0.5, 0.6) is 11.5 Å². The van der Waals surface area contributed by atoms with Gasteiger partial charge < -0.3 is 9.47 Å². The minimum absolute atomic E-state index is 0.129. The molecule has 0 aliphatic rings. The van der Waals surface area contributed by atoms with Crippen LogP contribution in [0, 0.1) is 0 Å². The minimum atomic E-state index is 0.129. The average Bonchev–Trinajstić information content (AvgIpc) is 2.93. The van der Waals surface area contributed by atoms with Gasteiger partial charge in [-0.3, -0.25) is 4.79 Å². The van der Waals surface area contributed by atoms with E-state index in [2.05, 4.69) is 0 Å². The van der Waals surface area contributed by atoms with E-state index >= 15 is 0 Å². The van der Waals surface area contributed by atoms with Gasteiger partial charge in [-0.15, -0.1) is 11.3 Å². The van der Waals surface area contributed by atoms with Gasteiger partial charge >= 0.3 is 0 Å². The molecule has 1 aromatic heterocycles.